The van der Waals surface area contributed by atoms with E-state index in [-0.39, 0.29) is 39.4 Å². The molecule has 6 aromatic carbocycles. The van der Waals surface area contributed by atoms with Crippen molar-refractivity contribution in [2.24, 2.45) is 0 Å². The number of hydrogen-bond donors (Lipinski definition) is 0. The molecule has 0 radical (unpaired) electrons. The van der Waals surface area contributed by atoms with Crippen LogP contribution < -0.4 is 0 Å². The van der Waals surface area contributed by atoms with Crippen molar-refractivity contribution in [3.8, 4) is 39.9 Å². The zero-order valence-corrected chi connectivity index (χ0v) is 24.1. The van der Waals surface area contributed by atoms with Gasteiger partial charge >= 0.3 is 0 Å². The fourth-order valence-corrected chi connectivity index (χ4v) is 6.52. The third-order valence-electron chi connectivity index (χ3n) is 8.59. The Hall–Kier alpha value is -6.07. The van der Waals surface area contributed by atoms with E-state index < -0.39 is 102 Å². The SMILES string of the molecule is [2H]c1c([2H])c([2H])c2c(c1[2H])-c1c(c([2H])c([2H])c3c4c([2H])c([2H])c([2H])c([2H])c4n(-c4nc(-c5ccccc5)nc(-c5cccc6c5oc5ccccc56)n4)c13)C2(C([2H])([2H])[2H])C([2H])([2H])[2H]. The number of fused-ring (bicyclic) bond motifs is 10. The van der Waals surface area contributed by atoms with Gasteiger partial charge in [0.05, 0.1) is 30.3 Å². The lowest BCUT2D eigenvalue weighted by atomic mass is 9.82. The summed E-state index contributed by atoms with van der Waals surface area (Å²) in [5, 5.41) is 0.815. The molecule has 3 heterocycles. The second-order valence-corrected chi connectivity index (χ2v) is 11.2. The molecule has 222 valence electrons. The van der Waals surface area contributed by atoms with Crippen LogP contribution in [0.1, 0.15) is 46.8 Å². The molecule has 0 bridgehead atoms. The highest BCUT2D eigenvalue weighted by atomic mass is 16.3. The molecule has 1 aliphatic carbocycles. The summed E-state index contributed by atoms with van der Waals surface area (Å²) in [6, 6.07) is 13.1. The maximum absolute atomic E-state index is 9.53. The van der Waals surface area contributed by atoms with Crippen LogP contribution in [0, 0.1) is 0 Å². The van der Waals surface area contributed by atoms with Gasteiger partial charge in [0.2, 0.25) is 5.95 Å². The smallest absolute Gasteiger partial charge is 0.238 e. The van der Waals surface area contributed by atoms with E-state index in [1.807, 2.05) is 24.3 Å². The molecule has 5 heteroatoms. The van der Waals surface area contributed by atoms with E-state index in [4.69, 9.17) is 34.4 Å². The van der Waals surface area contributed by atoms with Gasteiger partial charge < -0.3 is 4.42 Å². The van der Waals surface area contributed by atoms with Crippen molar-refractivity contribution < 1.29 is 26.3 Å². The average Bonchev–Trinajstić information content (AvgIpc) is 3.93. The topological polar surface area (TPSA) is 56.7 Å². The normalized spacial score (nSPS) is 18.9. The molecule has 0 N–H and O–H groups in total. The zero-order valence-electron chi connectivity index (χ0n) is 40.1. The first kappa shape index (κ1) is 15.0. The Bertz CT molecular complexity index is 3490. The van der Waals surface area contributed by atoms with Gasteiger partial charge in [0.15, 0.2) is 11.6 Å². The van der Waals surface area contributed by atoms with Gasteiger partial charge in [0.25, 0.3) is 0 Å². The lowest BCUT2D eigenvalue weighted by Crippen LogP contribution is -2.14. The fourth-order valence-electron chi connectivity index (χ4n) is 6.52. The monoisotopic (exact) mass is 620 g/mol. The zero-order chi connectivity index (χ0) is 45.0. The van der Waals surface area contributed by atoms with E-state index in [9.17, 15) is 6.85 Å². The Morgan fingerprint density at radius 1 is 0.638 bits per heavy atom. The summed E-state index contributed by atoms with van der Waals surface area (Å²) < 4.78 is 151. The van der Waals surface area contributed by atoms with Crippen molar-refractivity contribution >= 4 is 43.7 Å². The molecule has 0 fully saturated rings. The molecule has 1 aliphatic rings. The van der Waals surface area contributed by atoms with Gasteiger partial charge in [-0.1, -0.05) is 129 Å². The van der Waals surface area contributed by atoms with Crippen LogP contribution in [0.25, 0.3) is 83.6 Å². The van der Waals surface area contributed by atoms with E-state index in [0.717, 1.165) is 9.95 Å². The molecule has 5 nitrogen and oxygen atoms in total. The number of para-hydroxylation sites is 3. The molecular weight excluding hydrogens is 576 g/mol. The summed E-state index contributed by atoms with van der Waals surface area (Å²) in [5.74, 6) is -0.319. The number of rotatable bonds is 3. The molecule has 0 unspecified atom stereocenters. The summed E-state index contributed by atoms with van der Waals surface area (Å²) in [7, 11) is 0. The predicted octanol–water partition coefficient (Wildman–Crippen LogP) is 10.5. The first-order valence-electron chi connectivity index (χ1n) is 22.7. The van der Waals surface area contributed by atoms with E-state index in [2.05, 4.69) is 0 Å². The maximum atomic E-state index is 9.53. The van der Waals surface area contributed by atoms with Crippen LogP contribution in [0.3, 0.4) is 0 Å². The second kappa shape index (κ2) is 9.47. The molecule has 47 heavy (non-hydrogen) atoms. The maximum Gasteiger partial charge on any atom is 0.238 e. The van der Waals surface area contributed by atoms with Crippen LogP contribution >= 0.6 is 0 Å². The van der Waals surface area contributed by atoms with E-state index in [0.29, 0.717) is 27.7 Å². The summed E-state index contributed by atoms with van der Waals surface area (Å²) >= 11 is 0. The molecule has 0 amide bonds. The van der Waals surface area contributed by atoms with Gasteiger partial charge in [0.1, 0.15) is 11.2 Å². The van der Waals surface area contributed by atoms with E-state index in [1.165, 1.54) is 0 Å². The van der Waals surface area contributed by atoms with Gasteiger partial charge in [-0.3, -0.25) is 4.57 Å². The molecule has 0 aliphatic heterocycles. The van der Waals surface area contributed by atoms with Gasteiger partial charge in [0, 0.05) is 46.3 Å². The van der Waals surface area contributed by atoms with Crippen LogP contribution in [-0.2, 0) is 5.41 Å². The Labute approximate surface area is 293 Å². The van der Waals surface area contributed by atoms with Crippen LogP contribution in [0.15, 0.2) is 138 Å². The molecule has 9 aromatic rings. The van der Waals surface area contributed by atoms with Gasteiger partial charge in [-0.15, -0.1) is 0 Å². The van der Waals surface area contributed by atoms with E-state index in [1.54, 1.807) is 48.5 Å². The minimum absolute atomic E-state index is 0.000784. The number of aromatic nitrogens is 4. The van der Waals surface area contributed by atoms with Crippen molar-refractivity contribution in [1.82, 2.24) is 19.5 Å². The highest BCUT2D eigenvalue weighted by Crippen LogP contribution is 2.52. The van der Waals surface area contributed by atoms with Crippen molar-refractivity contribution in [2.75, 3.05) is 0 Å². The van der Waals surface area contributed by atoms with Gasteiger partial charge in [-0.25, -0.2) is 4.98 Å². The highest BCUT2D eigenvalue weighted by molar-refractivity contribution is 6.15. The Morgan fingerprint density at radius 3 is 2.34 bits per heavy atom. The van der Waals surface area contributed by atoms with Crippen LogP contribution in [0.4, 0.5) is 0 Å². The van der Waals surface area contributed by atoms with Gasteiger partial charge in [-0.2, -0.15) is 9.97 Å². The number of nitrogens with zero attached hydrogens (tertiary/aromatic N) is 4. The minimum Gasteiger partial charge on any atom is -0.455 e. The minimum atomic E-state index is -3.65. The molecule has 3 aromatic heterocycles. The largest absolute Gasteiger partial charge is 0.455 e. The fraction of sp³-hybridized carbons (Fsp3) is 0.0714. The average molecular weight is 621 g/mol. The lowest BCUT2D eigenvalue weighted by Gasteiger charge is -2.21. The van der Waals surface area contributed by atoms with Gasteiger partial charge in [-0.05, 0) is 34.9 Å². The summed E-state index contributed by atoms with van der Waals surface area (Å²) in [6.07, 6.45) is 0. The molecule has 0 atom stereocenters. The molecular formula is C42H28N4O. The summed E-state index contributed by atoms with van der Waals surface area (Å²) in [4.78, 5) is 14.6. The van der Waals surface area contributed by atoms with E-state index >= 15 is 0 Å². The van der Waals surface area contributed by atoms with Crippen LogP contribution in [-0.4, -0.2) is 19.5 Å². The Kier molecular flexibility index (Phi) is 3.03. The molecule has 0 spiro atoms. The number of benzene rings is 6. The molecule has 10 rings (SSSR count). The summed E-state index contributed by atoms with van der Waals surface area (Å²) in [6.45, 7) is -7.31. The number of furan rings is 1. The first-order chi connectivity index (χ1) is 29.7. The molecule has 0 saturated heterocycles. The summed E-state index contributed by atoms with van der Waals surface area (Å²) in [5.41, 5.74) is -5.04. The highest BCUT2D eigenvalue weighted by Gasteiger charge is 2.37. The van der Waals surface area contributed by atoms with Crippen molar-refractivity contribution in [3.63, 3.8) is 0 Å². The lowest BCUT2D eigenvalue weighted by molar-refractivity contribution is 0.660. The third kappa shape index (κ3) is 3.62. The van der Waals surface area contributed by atoms with Crippen molar-refractivity contribution in [3.05, 3.63) is 144 Å². The van der Waals surface area contributed by atoms with Crippen molar-refractivity contribution in [2.45, 2.75) is 19.1 Å². The second-order valence-electron chi connectivity index (χ2n) is 11.2. The third-order valence-corrected chi connectivity index (χ3v) is 8.59. The molecule has 0 saturated carbocycles. The van der Waals surface area contributed by atoms with Crippen LogP contribution in [0.2, 0.25) is 0 Å². The Balaban J connectivity index is 1.49. The first-order valence-corrected chi connectivity index (χ1v) is 14.7. The predicted molar refractivity (Wildman–Crippen MR) is 190 cm³/mol. The van der Waals surface area contributed by atoms with Crippen molar-refractivity contribution in [1.29, 1.82) is 0 Å². The quantitative estimate of drug-likeness (QED) is 0.197. The number of hydrogen-bond acceptors (Lipinski definition) is 4. The standard InChI is InChI=1S/C42H28N4O/c1-42(2)32-20-9-6-17-30(32)36-33(42)24-23-28-26-15-7-10-21-34(26)46(37(28)36)41-44-39(25-13-4-3-5-14-25)43-40(45-41)31-19-12-18-29-27-16-8-11-22-35(27)47-38(29)31/h3-24H,1-2H3/i1D3,2D3,6D,7D,9D,10D,15D,17D,20D,21D,23D,24D. The Morgan fingerprint density at radius 2 is 1.43 bits per heavy atom. The van der Waals surface area contributed by atoms with Crippen LogP contribution in [0.5, 0.6) is 0 Å².